The van der Waals surface area contributed by atoms with Crippen molar-refractivity contribution >= 4 is 0 Å². The first-order valence-corrected chi connectivity index (χ1v) is 7.77. The summed E-state index contributed by atoms with van der Waals surface area (Å²) in [6, 6.07) is 7.12. The van der Waals surface area contributed by atoms with Gasteiger partial charge in [0.25, 0.3) is 0 Å². The fraction of sp³-hybridized carbons (Fsp3) is 0.444. The lowest BCUT2D eigenvalue weighted by Crippen LogP contribution is -2.67. The lowest BCUT2D eigenvalue weighted by molar-refractivity contribution is -0.765. The van der Waals surface area contributed by atoms with Crippen LogP contribution in [0.2, 0.25) is 0 Å². The molecule has 0 aromatic carbocycles. The molecule has 0 amide bonds. The van der Waals surface area contributed by atoms with E-state index in [2.05, 4.69) is 37.2 Å². The minimum atomic E-state index is -0.751. The Labute approximate surface area is 129 Å². The highest BCUT2D eigenvalue weighted by molar-refractivity contribution is 5.64. The van der Waals surface area contributed by atoms with Crippen LogP contribution in [0.3, 0.4) is 0 Å². The molecule has 0 fully saturated rings. The van der Waals surface area contributed by atoms with Crippen LogP contribution >= 0.6 is 0 Å². The first-order valence-electron chi connectivity index (χ1n) is 7.77. The molecule has 1 aliphatic heterocycles. The Bertz CT molecular complexity index is 744. The third kappa shape index (κ3) is 1.70. The Morgan fingerprint density at radius 3 is 2.50 bits per heavy atom. The number of fused-ring (bicyclic) bond motifs is 3. The predicted octanol–water partition coefficient (Wildman–Crippen LogP) is 4.12. The SMILES string of the molecule is CCC1(C)c2cc(F)nc(F)c2-c2cccc[n+]2C1(C)CC. The average Bonchev–Trinajstić information content (AvgIpc) is 2.51. The molecule has 0 aliphatic carbocycles. The van der Waals surface area contributed by atoms with Crippen molar-refractivity contribution in [3.05, 3.63) is 47.9 Å². The van der Waals surface area contributed by atoms with Gasteiger partial charge in [0.1, 0.15) is 5.56 Å². The molecule has 0 spiro atoms. The van der Waals surface area contributed by atoms with Crippen molar-refractivity contribution in [1.29, 1.82) is 0 Å². The Morgan fingerprint density at radius 2 is 1.86 bits per heavy atom. The van der Waals surface area contributed by atoms with Crippen molar-refractivity contribution in [2.75, 3.05) is 0 Å². The molecule has 2 unspecified atom stereocenters. The van der Waals surface area contributed by atoms with Gasteiger partial charge in [-0.3, -0.25) is 0 Å². The van der Waals surface area contributed by atoms with Crippen molar-refractivity contribution in [2.24, 2.45) is 0 Å². The van der Waals surface area contributed by atoms with Gasteiger partial charge in [-0.15, -0.1) is 0 Å². The van der Waals surface area contributed by atoms with Gasteiger partial charge in [0.05, 0.1) is 5.41 Å². The molecule has 0 radical (unpaired) electrons. The van der Waals surface area contributed by atoms with Gasteiger partial charge in [0.2, 0.25) is 17.6 Å². The predicted molar refractivity (Wildman–Crippen MR) is 81.4 cm³/mol. The molecule has 2 nitrogen and oxygen atoms in total. The van der Waals surface area contributed by atoms with E-state index in [1.54, 1.807) is 0 Å². The lowest BCUT2D eigenvalue weighted by atomic mass is 9.61. The lowest BCUT2D eigenvalue weighted by Gasteiger charge is -2.45. The van der Waals surface area contributed by atoms with Gasteiger partial charge >= 0.3 is 0 Å². The summed E-state index contributed by atoms with van der Waals surface area (Å²) in [4.78, 5) is 3.41. The standard InChI is InChI=1S/C18H21F2N2/c1-5-17(3)12-11-14(19)21-16(20)15(12)13-9-7-8-10-22(13)18(17,4)6-2/h7-11H,5-6H2,1-4H3/q+1. The molecule has 22 heavy (non-hydrogen) atoms. The molecule has 0 saturated carbocycles. The highest BCUT2D eigenvalue weighted by Gasteiger charge is 2.57. The van der Waals surface area contributed by atoms with Crippen molar-refractivity contribution in [1.82, 2.24) is 4.98 Å². The number of hydrogen-bond acceptors (Lipinski definition) is 1. The molecular weight excluding hydrogens is 282 g/mol. The summed E-state index contributed by atoms with van der Waals surface area (Å²) >= 11 is 0. The number of hydrogen-bond donors (Lipinski definition) is 0. The van der Waals surface area contributed by atoms with Gasteiger partial charge < -0.3 is 0 Å². The molecule has 0 N–H and O–H groups in total. The van der Waals surface area contributed by atoms with Crippen LogP contribution in [0, 0.1) is 11.9 Å². The van der Waals surface area contributed by atoms with E-state index in [0.29, 0.717) is 5.56 Å². The molecule has 2 aromatic rings. The quantitative estimate of drug-likeness (QED) is 0.602. The van der Waals surface area contributed by atoms with E-state index >= 15 is 0 Å². The van der Waals surface area contributed by atoms with Gasteiger partial charge in [0.15, 0.2) is 11.7 Å². The van der Waals surface area contributed by atoms with Crippen LogP contribution < -0.4 is 4.57 Å². The number of nitrogens with zero attached hydrogens (tertiary/aromatic N) is 2. The van der Waals surface area contributed by atoms with Crippen molar-refractivity contribution in [3.8, 4) is 11.3 Å². The fourth-order valence-corrected chi connectivity index (χ4v) is 3.93. The van der Waals surface area contributed by atoms with Crippen LogP contribution in [0.15, 0.2) is 30.5 Å². The topological polar surface area (TPSA) is 16.8 Å². The van der Waals surface area contributed by atoms with E-state index < -0.39 is 11.9 Å². The first-order chi connectivity index (χ1) is 10.4. The summed E-state index contributed by atoms with van der Waals surface area (Å²) in [6.07, 6.45) is 3.64. The molecule has 116 valence electrons. The van der Waals surface area contributed by atoms with E-state index in [1.165, 1.54) is 6.07 Å². The van der Waals surface area contributed by atoms with E-state index in [9.17, 15) is 8.78 Å². The van der Waals surface area contributed by atoms with Crippen LogP contribution in [0.5, 0.6) is 0 Å². The summed E-state index contributed by atoms with van der Waals surface area (Å²) in [5.74, 6) is -1.48. The van der Waals surface area contributed by atoms with Gasteiger partial charge in [0, 0.05) is 25.5 Å². The van der Waals surface area contributed by atoms with Crippen LogP contribution in [0.4, 0.5) is 8.78 Å². The normalized spacial score (nSPS) is 26.5. The second kappa shape index (κ2) is 4.83. The summed E-state index contributed by atoms with van der Waals surface area (Å²) in [7, 11) is 0. The van der Waals surface area contributed by atoms with Crippen LogP contribution in [-0.2, 0) is 11.0 Å². The number of pyridine rings is 2. The van der Waals surface area contributed by atoms with E-state index in [1.807, 2.05) is 24.4 Å². The molecule has 0 saturated heterocycles. The monoisotopic (exact) mass is 303 g/mol. The average molecular weight is 303 g/mol. The molecule has 3 rings (SSSR count). The summed E-state index contributed by atoms with van der Waals surface area (Å²) in [5, 5.41) is 0. The smallest absolute Gasteiger partial charge is 0.192 e. The largest absolute Gasteiger partial charge is 0.229 e. The minimum Gasteiger partial charge on any atom is -0.192 e. The van der Waals surface area contributed by atoms with Crippen LogP contribution in [0.1, 0.15) is 46.1 Å². The Morgan fingerprint density at radius 1 is 1.14 bits per heavy atom. The maximum atomic E-state index is 14.5. The maximum absolute atomic E-state index is 14.5. The highest BCUT2D eigenvalue weighted by atomic mass is 19.1. The molecule has 3 heterocycles. The third-order valence-corrected chi connectivity index (χ3v) is 5.77. The summed E-state index contributed by atoms with van der Waals surface area (Å²) in [5.41, 5.74) is 1.28. The first kappa shape index (κ1) is 15.1. The molecular formula is C18H21F2N2+. The minimum absolute atomic E-state index is 0.258. The van der Waals surface area contributed by atoms with Gasteiger partial charge in [-0.05, 0) is 31.0 Å². The van der Waals surface area contributed by atoms with E-state index in [-0.39, 0.29) is 11.0 Å². The number of aromatic nitrogens is 2. The van der Waals surface area contributed by atoms with E-state index in [4.69, 9.17) is 0 Å². The molecule has 4 heteroatoms. The number of halogens is 2. The van der Waals surface area contributed by atoms with Gasteiger partial charge in [-0.25, -0.2) is 0 Å². The van der Waals surface area contributed by atoms with Crippen molar-refractivity contribution < 1.29 is 13.3 Å². The highest BCUT2D eigenvalue weighted by Crippen LogP contribution is 2.49. The van der Waals surface area contributed by atoms with Crippen LogP contribution in [0.25, 0.3) is 11.3 Å². The Balaban J connectivity index is 2.49. The van der Waals surface area contributed by atoms with Gasteiger partial charge in [-0.1, -0.05) is 13.8 Å². The van der Waals surface area contributed by atoms with E-state index in [0.717, 1.165) is 24.1 Å². The zero-order chi connectivity index (χ0) is 16.1. The maximum Gasteiger partial charge on any atom is 0.229 e. The second-order valence-electron chi connectivity index (χ2n) is 6.43. The molecule has 0 bridgehead atoms. The zero-order valence-electron chi connectivity index (χ0n) is 13.5. The van der Waals surface area contributed by atoms with Crippen LogP contribution in [-0.4, -0.2) is 4.98 Å². The summed E-state index contributed by atoms with van der Waals surface area (Å²) in [6.45, 7) is 8.45. The fourth-order valence-electron chi connectivity index (χ4n) is 3.93. The Hall–Kier alpha value is -1.84. The summed E-state index contributed by atoms with van der Waals surface area (Å²) < 4.78 is 30.4. The molecule has 2 atom stereocenters. The van der Waals surface area contributed by atoms with Gasteiger partial charge in [-0.2, -0.15) is 18.3 Å². The van der Waals surface area contributed by atoms with Crippen molar-refractivity contribution in [3.63, 3.8) is 0 Å². The Kier molecular flexibility index (Phi) is 3.31. The number of rotatable bonds is 2. The van der Waals surface area contributed by atoms with Crippen molar-refractivity contribution in [2.45, 2.75) is 51.5 Å². The zero-order valence-corrected chi connectivity index (χ0v) is 13.5. The third-order valence-electron chi connectivity index (χ3n) is 5.77. The second-order valence-corrected chi connectivity index (χ2v) is 6.43. The molecule has 1 aliphatic rings. The molecule has 2 aromatic heterocycles.